The minimum Gasteiger partial charge on any atom is -0.437 e. The zero-order valence-electron chi connectivity index (χ0n) is 12.9. The summed E-state index contributed by atoms with van der Waals surface area (Å²) in [7, 11) is 0. The maximum Gasteiger partial charge on any atom is 0.271 e. The molecule has 120 valence electrons. The molecule has 2 aromatic carbocycles. The van der Waals surface area contributed by atoms with Crippen molar-refractivity contribution >= 4 is 45.6 Å². The molecule has 1 saturated heterocycles. The average molecular weight is 354 g/mol. The maximum absolute atomic E-state index is 12.7. The van der Waals surface area contributed by atoms with Crippen LogP contribution in [0.5, 0.6) is 5.75 Å². The number of rotatable bonds is 2. The number of para-hydroxylation sites is 3. The molecule has 2 aliphatic heterocycles. The highest BCUT2D eigenvalue weighted by molar-refractivity contribution is 8.26. The van der Waals surface area contributed by atoms with Gasteiger partial charge in [0.1, 0.15) is 9.23 Å². The third-order valence-electron chi connectivity index (χ3n) is 3.89. The van der Waals surface area contributed by atoms with Crippen molar-refractivity contribution in [1.29, 1.82) is 0 Å². The molecular weight excluding hydrogens is 340 g/mol. The van der Waals surface area contributed by atoms with E-state index in [4.69, 9.17) is 17.0 Å². The molecule has 0 aliphatic carbocycles. The van der Waals surface area contributed by atoms with E-state index in [2.05, 4.69) is 0 Å². The molecule has 1 fully saturated rings. The lowest BCUT2D eigenvalue weighted by atomic mass is 10.2. The van der Waals surface area contributed by atoms with Crippen LogP contribution in [0.3, 0.4) is 0 Å². The fraction of sp³-hybridized carbons (Fsp3) is 0.111. The standard InChI is InChI=1S/C18H14N2O2S2/c1-2-19-16(21)15(24-18(19)23)17-20(12-8-4-3-5-9-12)13-10-6-7-11-14(13)22-17/h3-11H,2H2,1H3/b17-15-. The first-order valence-corrected chi connectivity index (χ1v) is 8.83. The molecule has 0 spiro atoms. The first-order valence-electron chi connectivity index (χ1n) is 7.60. The van der Waals surface area contributed by atoms with Gasteiger partial charge in [0, 0.05) is 12.2 Å². The van der Waals surface area contributed by atoms with Gasteiger partial charge in [0.2, 0.25) is 5.88 Å². The molecule has 0 radical (unpaired) electrons. The monoisotopic (exact) mass is 354 g/mol. The fourth-order valence-corrected chi connectivity index (χ4v) is 4.14. The van der Waals surface area contributed by atoms with Crippen molar-refractivity contribution in [2.75, 3.05) is 11.4 Å². The molecule has 4 rings (SSSR count). The summed E-state index contributed by atoms with van der Waals surface area (Å²) in [5, 5.41) is 0. The summed E-state index contributed by atoms with van der Waals surface area (Å²) < 4.78 is 6.61. The number of fused-ring (bicyclic) bond motifs is 1. The summed E-state index contributed by atoms with van der Waals surface area (Å²) in [5.41, 5.74) is 1.86. The van der Waals surface area contributed by atoms with Gasteiger partial charge >= 0.3 is 0 Å². The topological polar surface area (TPSA) is 32.8 Å². The summed E-state index contributed by atoms with van der Waals surface area (Å²) in [6, 6.07) is 17.6. The molecule has 0 bridgehead atoms. The zero-order valence-corrected chi connectivity index (χ0v) is 14.6. The van der Waals surface area contributed by atoms with E-state index < -0.39 is 0 Å². The van der Waals surface area contributed by atoms with E-state index in [9.17, 15) is 4.79 Å². The van der Waals surface area contributed by atoms with Crippen LogP contribution in [0.1, 0.15) is 6.92 Å². The molecule has 2 aliphatic rings. The molecule has 2 aromatic rings. The summed E-state index contributed by atoms with van der Waals surface area (Å²) in [4.78, 5) is 16.8. The van der Waals surface area contributed by atoms with Crippen molar-refractivity contribution in [1.82, 2.24) is 4.90 Å². The predicted octanol–water partition coefficient (Wildman–Crippen LogP) is 4.27. The smallest absolute Gasteiger partial charge is 0.271 e. The molecule has 4 nitrogen and oxygen atoms in total. The van der Waals surface area contributed by atoms with Crippen LogP contribution in [0.2, 0.25) is 0 Å². The van der Waals surface area contributed by atoms with Crippen LogP contribution < -0.4 is 9.64 Å². The van der Waals surface area contributed by atoms with Crippen molar-refractivity contribution in [3.05, 3.63) is 65.4 Å². The maximum atomic E-state index is 12.7. The lowest BCUT2D eigenvalue weighted by molar-refractivity contribution is -0.122. The Morgan fingerprint density at radius 1 is 1.08 bits per heavy atom. The Labute approximate surface area is 149 Å². The van der Waals surface area contributed by atoms with Gasteiger partial charge in [-0.25, -0.2) is 0 Å². The van der Waals surface area contributed by atoms with E-state index >= 15 is 0 Å². The fourth-order valence-electron chi connectivity index (χ4n) is 2.77. The van der Waals surface area contributed by atoms with E-state index in [1.54, 1.807) is 4.90 Å². The molecule has 0 unspecified atom stereocenters. The largest absolute Gasteiger partial charge is 0.437 e. The number of benzene rings is 2. The number of hydrogen-bond donors (Lipinski definition) is 0. The molecule has 6 heteroatoms. The number of likely N-dealkylation sites (N-methyl/N-ethyl adjacent to an activating group) is 1. The van der Waals surface area contributed by atoms with Crippen molar-refractivity contribution in [3.8, 4) is 5.75 Å². The van der Waals surface area contributed by atoms with Gasteiger partial charge in [-0.2, -0.15) is 0 Å². The zero-order chi connectivity index (χ0) is 16.7. The number of carbonyl (C=O) groups excluding carboxylic acids is 1. The highest BCUT2D eigenvalue weighted by Gasteiger charge is 2.40. The van der Waals surface area contributed by atoms with Gasteiger partial charge in [0.05, 0.1) is 5.69 Å². The molecule has 0 aromatic heterocycles. The van der Waals surface area contributed by atoms with E-state index in [1.165, 1.54) is 11.8 Å². The lowest BCUT2D eigenvalue weighted by Crippen LogP contribution is -2.28. The summed E-state index contributed by atoms with van der Waals surface area (Å²) >= 11 is 6.62. The van der Waals surface area contributed by atoms with Crippen LogP contribution in [-0.2, 0) is 4.79 Å². The molecule has 0 atom stereocenters. The average Bonchev–Trinajstić information content (AvgIpc) is 3.12. The highest BCUT2D eigenvalue weighted by Crippen LogP contribution is 2.47. The van der Waals surface area contributed by atoms with Crippen LogP contribution in [-0.4, -0.2) is 21.7 Å². The van der Waals surface area contributed by atoms with Crippen molar-refractivity contribution < 1.29 is 9.53 Å². The van der Waals surface area contributed by atoms with Crippen molar-refractivity contribution in [3.63, 3.8) is 0 Å². The second-order valence-electron chi connectivity index (χ2n) is 5.29. The number of hydrogen-bond acceptors (Lipinski definition) is 5. The van der Waals surface area contributed by atoms with Gasteiger partial charge in [-0.15, -0.1) is 0 Å². The number of nitrogens with zero attached hydrogens (tertiary/aromatic N) is 2. The molecule has 24 heavy (non-hydrogen) atoms. The van der Waals surface area contributed by atoms with Gasteiger partial charge in [0.25, 0.3) is 5.91 Å². The Morgan fingerprint density at radius 3 is 2.50 bits per heavy atom. The molecular formula is C18H14N2O2S2. The Kier molecular flexibility index (Phi) is 3.78. The van der Waals surface area contributed by atoms with E-state index in [0.29, 0.717) is 21.7 Å². The second-order valence-corrected chi connectivity index (χ2v) is 6.94. The summed E-state index contributed by atoms with van der Waals surface area (Å²) in [5.74, 6) is 1.16. The van der Waals surface area contributed by atoms with Crippen LogP contribution in [0, 0.1) is 0 Å². The lowest BCUT2D eigenvalue weighted by Gasteiger charge is -2.19. The summed E-state index contributed by atoms with van der Waals surface area (Å²) in [6.45, 7) is 2.47. The molecule has 0 saturated carbocycles. The van der Waals surface area contributed by atoms with Crippen LogP contribution in [0.15, 0.2) is 65.4 Å². The quantitative estimate of drug-likeness (QED) is 0.594. The Balaban J connectivity index is 1.88. The van der Waals surface area contributed by atoms with E-state index in [0.717, 1.165) is 17.1 Å². The predicted molar refractivity (Wildman–Crippen MR) is 100 cm³/mol. The van der Waals surface area contributed by atoms with Gasteiger partial charge in [-0.05, 0) is 43.0 Å². The van der Waals surface area contributed by atoms with Crippen molar-refractivity contribution in [2.45, 2.75) is 6.92 Å². The number of carbonyl (C=O) groups is 1. The van der Waals surface area contributed by atoms with Gasteiger partial charge < -0.3 is 4.74 Å². The highest BCUT2D eigenvalue weighted by atomic mass is 32.2. The Hall–Kier alpha value is -2.31. The normalized spacial score (nSPS) is 19.7. The number of ether oxygens (including phenoxy) is 1. The molecule has 2 heterocycles. The minimum atomic E-state index is -0.101. The Morgan fingerprint density at radius 2 is 1.79 bits per heavy atom. The van der Waals surface area contributed by atoms with Crippen LogP contribution in [0.25, 0.3) is 0 Å². The first-order chi connectivity index (χ1) is 11.7. The van der Waals surface area contributed by atoms with Crippen LogP contribution in [0.4, 0.5) is 11.4 Å². The van der Waals surface area contributed by atoms with Crippen molar-refractivity contribution in [2.24, 2.45) is 0 Å². The van der Waals surface area contributed by atoms with E-state index in [-0.39, 0.29) is 5.91 Å². The summed E-state index contributed by atoms with van der Waals surface area (Å²) in [6.07, 6.45) is 0. The molecule has 1 amide bonds. The van der Waals surface area contributed by atoms with Gasteiger partial charge in [-0.3, -0.25) is 14.6 Å². The number of anilines is 2. The molecule has 0 N–H and O–H groups in total. The third-order valence-corrected chi connectivity index (χ3v) is 5.31. The first kappa shape index (κ1) is 15.2. The second kappa shape index (κ2) is 5.96. The Bertz CT molecular complexity index is 864. The third kappa shape index (κ3) is 2.30. The van der Waals surface area contributed by atoms with Gasteiger partial charge in [0.15, 0.2) is 5.75 Å². The SMILES string of the molecule is CCN1C(=O)/C(=C2/Oc3ccccc3N2c2ccccc2)SC1=S. The number of amides is 1. The number of thioether (sulfide) groups is 1. The number of thiocarbonyl (C=S) groups is 1. The van der Waals surface area contributed by atoms with E-state index in [1.807, 2.05) is 66.4 Å². The van der Waals surface area contributed by atoms with Crippen LogP contribution >= 0.6 is 24.0 Å². The minimum absolute atomic E-state index is 0.101. The van der Waals surface area contributed by atoms with Gasteiger partial charge in [-0.1, -0.05) is 42.5 Å².